The third-order valence-corrected chi connectivity index (χ3v) is 3.46. The summed E-state index contributed by atoms with van der Waals surface area (Å²) in [6, 6.07) is 1.74. The Kier molecular flexibility index (Phi) is 4.26. The van der Waals surface area contributed by atoms with Crippen molar-refractivity contribution in [2.45, 2.75) is 25.5 Å². The summed E-state index contributed by atoms with van der Waals surface area (Å²) in [4.78, 5) is 12.7. The molecule has 0 saturated heterocycles. The number of rotatable bonds is 5. The van der Waals surface area contributed by atoms with Gasteiger partial charge in [0.1, 0.15) is 11.6 Å². The molecule has 0 fully saturated rings. The first-order chi connectivity index (χ1) is 9.10. The molecule has 0 aromatic carbocycles. The highest BCUT2D eigenvalue weighted by atomic mass is 32.2. The van der Waals surface area contributed by atoms with Gasteiger partial charge in [0.2, 0.25) is 0 Å². The van der Waals surface area contributed by atoms with Crippen molar-refractivity contribution in [2.24, 2.45) is 0 Å². The normalized spacial score (nSPS) is 10.7. The number of aromatic nitrogens is 4. The van der Waals surface area contributed by atoms with E-state index in [1.807, 2.05) is 19.5 Å². The molecule has 6 nitrogen and oxygen atoms in total. The van der Waals surface area contributed by atoms with Crippen molar-refractivity contribution in [1.29, 1.82) is 0 Å². The molecule has 0 radical (unpaired) electrons. The molecular weight excluding hydrogens is 260 g/mol. The lowest BCUT2D eigenvalue weighted by atomic mass is 10.4. The highest BCUT2D eigenvalue weighted by Crippen LogP contribution is 2.15. The molecule has 0 atom stereocenters. The molecule has 2 aromatic rings. The summed E-state index contributed by atoms with van der Waals surface area (Å²) in [6.07, 6.45) is 3.78. The first-order valence-electron chi connectivity index (χ1n) is 6.01. The smallest absolute Gasteiger partial charge is 0.191 e. The fourth-order valence-electron chi connectivity index (χ4n) is 1.70. The molecule has 0 aliphatic rings. The topological polar surface area (TPSA) is 81.6 Å². The maximum atomic E-state index is 5.73. The number of thioether (sulfide) groups is 1. The second-order valence-electron chi connectivity index (χ2n) is 4.20. The van der Waals surface area contributed by atoms with Crippen LogP contribution < -0.4 is 11.1 Å². The summed E-state index contributed by atoms with van der Waals surface area (Å²) in [6.45, 7) is 5.68. The molecule has 2 heterocycles. The maximum Gasteiger partial charge on any atom is 0.191 e. The largest absolute Gasteiger partial charge is 0.383 e. The Morgan fingerprint density at radius 2 is 2.16 bits per heavy atom. The van der Waals surface area contributed by atoms with E-state index in [4.69, 9.17) is 5.73 Å². The van der Waals surface area contributed by atoms with Gasteiger partial charge in [0.25, 0.3) is 0 Å². The van der Waals surface area contributed by atoms with Crippen LogP contribution in [0.25, 0.3) is 0 Å². The van der Waals surface area contributed by atoms with Gasteiger partial charge in [-0.15, -0.1) is 0 Å². The Bertz CT molecular complexity index is 565. The van der Waals surface area contributed by atoms with Crippen LogP contribution in [0.15, 0.2) is 17.6 Å². The van der Waals surface area contributed by atoms with E-state index < -0.39 is 0 Å². The van der Waals surface area contributed by atoms with Crippen LogP contribution in [0.5, 0.6) is 0 Å². The lowest BCUT2D eigenvalue weighted by Crippen LogP contribution is -2.12. The minimum absolute atomic E-state index is 0.483. The van der Waals surface area contributed by atoms with Crippen LogP contribution in [0, 0.1) is 13.8 Å². The average molecular weight is 278 g/mol. The van der Waals surface area contributed by atoms with Crippen LogP contribution in [-0.4, -0.2) is 32.3 Å². The van der Waals surface area contributed by atoms with Crippen molar-refractivity contribution in [3.05, 3.63) is 23.8 Å². The lowest BCUT2D eigenvalue weighted by Gasteiger charge is -2.09. The molecule has 2 rings (SSSR count). The van der Waals surface area contributed by atoms with Gasteiger partial charge in [-0.05, 0) is 20.1 Å². The summed E-state index contributed by atoms with van der Waals surface area (Å²) in [5, 5.41) is 3.93. The molecule has 0 unspecified atom stereocenters. The number of anilines is 2. The fourth-order valence-corrected chi connectivity index (χ4v) is 2.09. The van der Waals surface area contributed by atoms with Crippen molar-refractivity contribution in [1.82, 2.24) is 19.5 Å². The average Bonchev–Trinajstić information content (AvgIpc) is 2.70. The van der Waals surface area contributed by atoms with Gasteiger partial charge in [-0.3, -0.25) is 0 Å². The van der Waals surface area contributed by atoms with Crippen LogP contribution >= 0.6 is 11.8 Å². The zero-order valence-electron chi connectivity index (χ0n) is 11.3. The number of aryl methyl sites for hydroxylation is 1. The van der Waals surface area contributed by atoms with E-state index in [1.54, 1.807) is 6.07 Å². The van der Waals surface area contributed by atoms with Gasteiger partial charge in [-0.2, -0.15) is 0 Å². The van der Waals surface area contributed by atoms with Gasteiger partial charge in [-0.25, -0.2) is 15.0 Å². The summed E-state index contributed by atoms with van der Waals surface area (Å²) in [7, 11) is 0. The summed E-state index contributed by atoms with van der Waals surface area (Å²) < 4.78 is 2.11. The molecule has 7 heteroatoms. The number of hydrogen-bond acceptors (Lipinski definition) is 6. The molecule has 102 valence electrons. The second-order valence-corrected chi connectivity index (χ2v) is 4.97. The van der Waals surface area contributed by atoms with Crippen molar-refractivity contribution < 1.29 is 0 Å². The van der Waals surface area contributed by atoms with E-state index in [1.165, 1.54) is 17.5 Å². The van der Waals surface area contributed by atoms with E-state index in [-0.39, 0.29) is 0 Å². The molecular formula is C12H18N6S. The summed E-state index contributed by atoms with van der Waals surface area (Å²) in [5.74, 6) is 1.24. The highest BCUT2D eigenvalue weighted by Gasteiger charge is 2.03. The van der Waals surface area contributed by atoms with Gasteiger partial charge >= 0.3 is 0 Å². The van der Waals surface area contributed by atoms with Crippen molar-refractivity contribution in [3.8, 4) is 0 Å². The quantitative estimate of drug-likeness (QED) is 0.640. The Hall–Kier alpha value is -1.76. The van der Waals surface area contributed by atoms with Crippen LogP contribution in [0.3, 0.4) is 0 Å². The van der Waals surface area contributed by atoms with Gasteiger partial charge < -0.3 is 15.6 Å². The number of imidazole rings is 1. The third kappa shape index (κ3) is 3.37. The number of nitrogens with two attached hydrogens (primary N) is 1. The molecule has 0 aliphatic heterocycles. The third-order valence-electron chi connectivity index (χ3n) is 2.91. The van der Waals surface area contributed by atoms with E-state index in [2.05, 4.69) is 31.8 Å². The van der Waals surface area contributed by atoms with Crippen molar-refractivity contribution in [3.63, 3.8) is 0 Å². The van der Waals surface area contributed by atoms with Gasteiger partial charge in [0.05, 0.1) is 12.0 Å². The standard InChI is InChI=1S/C12H18N6S/c1-8-9(2)18(7-15-8)5-4-14-11-6-10(13)16-12(17-11)19-3/h6-7H,4-5H2,1-3H3,(H3,13,14,16,17). The molecule has 0 bridgehead atoms. The Labute approximate surface area is 116 Å². The molecule has 19 heavy (non-hydrogen) atoms. The SMILES string of the molecule is CSc1nc(N)cc(NCCn2cnc(C)c2C)n1. The zero-order chi connectivity index (χ0) is 13.8. The molecule has 0 saturated carbocycles. The van der Waals surface area contributed by atoms with Gasteiger partial charge in [-0.1, -0.05) is 11.8 Å². The minimum Gasteiger partial charge on any atom is -0.383 e. The van der Waals surface area contributed by atoms with Crippen LogP contribution in [0.2, 0.25) is 0 Å². The number of nitrogens with zero attached hydrogens (tertiary/aromatic N) is 4. The lowest BCUT2D eigenvalue weighted by molar-refractivity contribution is 0.703. The first kappa shape index (κ1) is 13.7. The number of hydrogen-bond donors (Lipinski definition) is 2. The Balaban J connectivity index is 1.96. The van der Waals surface area contributed by atoms with Crippen LogP contribution in [0.1, 0.15) is 11.4 Å². The number of nitrogen functional groups attached to an aromatic ring is 1. The second kappa shape index (κ2) is 5.92. The Morgan fingerprint density at radius 3 is 2.79 bits per heavy atom. The molecule has 3 N–H and O–H groups in total. The predicted octanol–water partition coefficient (Wildman–Crippen LogP) is 1.71. The zero-order valence-corrected chi connectivity index (χ0v) is 12.2. The molecule has 0 amide bonds. The van der Waals surface area contributed by atoms with Gasteiger partial charge in [0, 0.05) is 24.8 Å². The van der Waals surface area contributed by atoms with E-state index >= 15 is 0 Å². The summed E-state index contributed by atoms with van der Waals surface area (Å²) in [5.41, 5.74) is 7.98. The monoisotopic (exact) mass is 278 g/mol. The molecule has 0 aliphatic carbocycles. The Morgan fingerprint density at radius 1 is 1.37 bits per heavy atom. The minimum atomic E-state index is 0.483. The van der Waals surface area contributed by atoms with E-state index in [9.17, 15) is 0 Å². The van der Waals surface area contributed by atoms with Gasteiger partial charge in [0.15, 0.2) is 5.16 Å². The molecule has 2 aromatic heterocycles. The highest BCUT2D eigenvalue weighted by molar-refractivity contribution is 7.98. The number of nitrogens with one attached hydrogen (secondary N) is 1. The van der Waals surface area contributed by atoms with Crippen LogP contribution in [-0.2, 0) is 6.54 Å². The van der Waals surface area contributed by atoms with Crippen LogP contribution in [0.4, 0.5) is 11.6 Å². The molecule has 0 spiro atoms. The summed E-state index contributed by atoms with van der Waals surface area (Å²) >= 11 is 1.48. The predicted molar refractivity (Wildman–Crippen MR) is 78.4 cm³/mol. The fraction of sp³-hybridized carbons (Fsp3) is 0.417. The van der Waals surface area contributed by atoms with Crippen molar-refractivity contribution >= 4 is 23.4 Å². The van der Waals surface area contributed by atoms with E-state index in [0.717, 1.165) is 24.6 Å². The maximum absolute atomic E-state index is 5.73. The van der Waals surface area contributed by atoms with Crippen molar-refractivity contribution in [2.75, 3.05) is 23.9 Å². The first-order valence-corrected chi connectivity index (χ1v) is 7.23. The van der Waals surface area contributed by atoms with E-state index in [0.29, 0.717) is 11.0 Å².